The molecule has 4 N–H and O–H groups in total. The number of pyridine rings is 1. The number of ether oxygens (including phenoxy) is 2. The fourth-order valence-corrected chi connectivity index (χ4v) is 7.07. The zero-order valence-corrected chi connectivity index (χ0v) is 31.1. The average molecular weight is 729 g/mol. The molecule has 2 aromatic carbocycles. The first-order valence-electron chi connectivity index (χ1n) is 17.0. The van der Waals surface area contributed by atoms with Gasteiger partial charge in [0.2, 0.25) is 0 Å². The number of hydrogen-bond donors (Lipinski definition) is 4. The fourth-order valence-electron chi connectivity index (χ4n) is 5.40. The number of nitrogens with zero attached hydrogens (tertiary/aromatic N) is 1. The predicted molar refractivity (Wildman–Crippen MR) is 194 cm³/mol. The highest BCUT2D eigenvalue weighted by Gasteiger charge is 2.32. The number of rotatable bonds is 19. The Labute approximate surface area is 299 Å². The van der Waals surface area contributed by atoms with E-state index in [1.807, 2.05) is 27.7 Å². The molecule has 11 nitrogen and oxygen atoms in total. The number of nitrogens with one attached hydrogen (secondary N) is 1. The minimum atomic E-state index is -3.91. The molecule has 0 saturated heterocycles. The third-order valence-electron chi connectivity index (χ3n) is 7.63. The summed E-state index contributed by atoms with van der Waals surface area (Å²) in [6.07, 6.45) is -0.853. The molecule has 3 aromatic rings. The SMILES string of the molecule is CC(C)OC(=O)[C@H](C)NP(=O)(COCc1c(C(C)C)nc(C(C)C)c(C=C[C@@H](O)C[C@@H](O)CC(=O)O)c1-c1ccc(F)cc1)Oc1ccccc1. The highest BCUT2D eigenvalue weighted by atomic mass is 31.2. The number of hydrogen-bond acceptors (Lipinski definition) is 9. The number of carboxylic acid groups (broad SMARTS) is 1. The molecule has 0 radical (unpaired) electrons. The summed E-state index contributed by atoms with van der Waals surface area (Å²) >= 11 is 0. The summed E-state index contributed by atoms with van der Waals surface area (Å²) in [5.41, 5.74) is 3.89. The highest BCUT2D eigenvalue weighted by molar-refractivity contribution is 7.57. The van der Waals surface area contributed by atoms with E-state index >= 15 is 0 Å². The van der Waals surface area contributed by atoms with Crippen LogP contribution in [-0.2, 0) is 30.2 Å². The van der Waals surface area contributed by atoms with E-state index in [2.05, 4.69) is 5.09 Å². The van der Waals surface area contributed by atoms with Crippen molar-refractivity contribution in [3.63, 3.8) is 0 Å². The number of aromatic nitrogens is 1. The highest BCUT2D eigenvalue weighted by Crippen LogP contribution is 2.45. The van der Waals surface area contributed by atoms with Crippen molar-refractivity contribution in [3.8, 4) is 16.9 Å². The molecule has 278 valence electrons. The molecule has 0 aliphatic carbocycles. The van der Waals surface area contributed by atoms with Gasteiger partial charge in [-0.25, -0.2) is 9.48 Å². The summed E-state index contributed by atoms with van der Waals surface area (Å²) < 4.78 is 45.9. The summed E-state index contributed by atoms with van der Waals surface area (Å²) in [5, 5.41) is 32.7. The van der Waals surface area contributed by atoms with Crippen LogP contribution in [0.25, 0.3) is 17.2 Å². The number of halogens is 1. The molecule has 51 heavy (non-hydrogen) atoms. The van der Waals surface area contributed by atoms with Gasteiger partial charge in [-0.2, -0.15) is 0 Å². The van der Waals surface area contributed by atoms with E-state index in [9.17, 15) is 28.8 Å². The summed E-state index contributed by atoms with van der Waals surface area (Å²) in [4.78, 5) is 28.8. The molecule has 4 atom stereocenters. The second kappa shape index (κ2) is 19.1. The van der Waals surface area contributed by atoms with Crippen LogP contribution in [0.4, 0.5) is 4.39 Å². The van der Waals surface area contributed by atoms with E-state index < -0.39 is 56.3 Å². The number of aliphatic hydroxyl groups is 2. The van der Waals surface area contributed by atoms with Gasteiger partial charge in [0.25, 0.3) is 0 Å². The normalized spacial score (nSPS) is 14.8. The maximum atomic E-state index is 14.3. The Balaban J connectivity index is 2.11. The number of benzene rings is 2. The zero-order chi connectivity index (χ0) is 37.9. The summed E-state index contributed by atoms with van der Waals surface area (Å²) in [6.45, 7) is 12.7. The van der Waals surface area contributed by atoms with Gasteiger partial charge in [-0.1, -0.05) is 70.2 Å². The van der Waals surface area contributed by atoms with Gasteiger partial charge in [-0.3, -0.25) is 19.1 Å². The summed E-state index contributed by atoms with van der Waals surface area (Å²) in [5.74, 6) is -2.12. The van der Waals surface area contributed by atoms with Crippen LogP contribution < -0.4 is 9.61 Å². The van der Waals surface area contributed by atoms with Crippen molar-refractivity contribution in [3.05, 3.63) is 89.0 Å². The number of esters is 1. The third kappa shape index (κ3) is 12.7. The monoisotopic (exact) mass is 728 g/mol. The van der Waals surface area contributed by atoms with Crippen molar-refractivity contribution in [2.75, 3.05) is 6.35 Å². The van der Waals surface area contributed by atoms with E-state index in [0.29, 0.717) is 39.4 Å². The minimum absolute atomic E-state index is 0.0955. The summed E-state index contributed by atoms with van der Waals surface area (Å²) in [6, 6.07) is 13.4. The first-order chi connectivity index (χ1) is 24.0. The van der Waals surface area contributed by atoms with E-state index in [4.69, 9.17) is 24.1 Å². The number of para-hydroxylation sites is 1. The third-order valence-corrected chi connectivity index (χ3v) is 9.44. The Hall–Kier alpha value is -3.93. The largest absolute Gasteiger partial charge is 0.481 e. The molecular weight excluding hydrogens is 678 g/mol. The van der Waals surface area contributed by atoms with Gasteiger partial charge >= 0.3 is 19.5 Å². The standard InChI is InChI=1S/C38H50FN2O9P/c1-23(2)36-32(18-17-29(42)19-30(43)20-34(44)45)35(27-13-15-28(39)16-14-27)33(37(40-36)24(3)4)21-48-22-51(47,50-31-11-9-8-10-12-31)41-26(7)38(46)49-25(5)6/h8-18,23-26,29-30,42-43H,19-22H2,1-7H3,(H,41,47)(H,44,45)/t26-,29+,30+,51?/m0/s1. The molecule has 0 aliphatic rings. The maximum absolute atomic E-state index is 14.3. The molecule has 1 unspecified atom stereocenters. The van der Waals surface area contributed by atoms with E-state index in [-0.39, 0.29) is 31.0 Å². The van der Waals surface area contributed by atoms with Gasteiger partial charge in [0.1, 0.15) is 24.0 Å². The second-order valence-corrected chi connectivity index (χ2v) is 15.3. The molecule has 3 rings (SSSR count). The van der Waals surface area contributed by atoms with Crippen LogP contribution in [0.3, 0.4) is 0 Å². The Morgan fingerprint density at radius 2 is 1.57 bits per heavy atom. The first-order valence-corrected chi connectivity index (χ1v) is 18.8. The van der Waals surface area contributed by atoms with Crippen LogP contribution in [0.2, 0.25) is 0 Å². The molecule has 0 bridgehead atoms. The first kappa shape index (κ1) is 41.5. The van der Waals surface area contributed by atoms with Crippen LogP contribution in [0.1, 0.15) is 95.7 Å². The van der Waals surface area contributed by atoms with Crippen LogP contribution >= 0.6 is 7.52 Å². The second-order valence-electron chi connectivity index (χ2n) is 13.3. The molecule has 0 aliphatic heterocycles. The lowest BCUT2D eigenvalue weighted by atomic mass is 9.87. The Morgan fingerprint density at radius 3 is 2.14 bits per heavy atom. The van der Waals surface area contributed by atoms with Gasteiger partial charge in [0.15, 0.2) is 0 Å². The number of carbonyl (C=O) groups is 2. The van der Waals surface area contributed by atoms with Crippen LogP contribution in [-0.4, -0.2) is 62.9 Å². The summed E-state index contributed by atoms with van der Waals surface area (Å²) in [7, 11) is -3.91. The van der Waals surface area contributed by atoms with Crippen molar-refractivity contribution >= 4 is 25.5 Å². The van der Waals surface area contributed by atoms with Crippen LogP contribution in [0, 0.1) is 5.82 Å². The van der Waals surface area contributed by atoms with E-state index in [1.54, 1.807) is 62.4 Å². The minimum Gasteiger partial charge on any atom is -0.481 e. The number of carboxylic acids is 1. The Bertz CT molecular complexity index is 1680. The smallest absolute Gasteiger partial charge is 0.342 e. The molecule has 1 aromatic heterocycles. The topological polar surface area (TPSA) is 165 Å². The van der Waals surface area contributed by atoms with Crippen LogP contribution in [0.15, 0.2) is 60.7 Å². The van der Waals surface area contributed by atoms with Crippen molar-refractivity contribution in [1.29, 1.82) is 0 Å². The van der Waals surface area contributed by atoms with Crippen molar-refractivity contribution in [1.82, 2.24) is 10.1 Å². The molecule has 0 amide bonds. The van der Waals surface area contributed by atoms with Crippen LogP contribution in [0.5, 0.6) is 5.75 Å². The predicted octanol–water partition coefficient (Wildman–Crippen LogP) is 7.41. The van der Waals surface area contributed by atoms with Gasteiger partial charge in [0.05, 0.1) is 37.0 Å². The Morgan fingerprint density at radius 1 is 0.941 bits per heavy atom. The lowest BCUT2D eigenvalue weighted by Gasteiger charge is -2.26. The molecule has 0 saturated carbocycles. The maximum Gasteiger partial charge on any atom is 0.342 e. The van der Waals surface area contributed by atoms with Gasteiger partial charge in [-0.15, -0.1) is 0 Å². The molecule has 1 heterocycles. The number of carbonyl (C=O) groups excluding carboxylic acids is 1. The molecule has 0 fully saturated rings. The lowest BCUT2D eigenvalue weighted by Crippen LogP contribution is -2.36. The van der Waals surface area contributed by atoms with Gasteiger partial charge in [-0.05, 0) is 68.0 Å². The average Bonchev–Trinajstić information content (AvgIpc) is 3.03. The fraction of sp³-hybridized carbons (Fsp3) is 0.447. The Kier molecular flexibility index (Phi) is 15.5. The molecular formula is C38H50FN2O9P. The number of aliphatic carboxylic acids is 1. The van der Waals surface area contributed by atoms with Crippen molar-refractivity contribution in [2.24, 2.45) is 0 Å². The van der Waals surface area contributed by atoms with Crippen molar-refractivity contribution < 1.29 is 47.9 Å². The van der Waals surface area contributed by atoms with Gasteiger partial charge < -0.3 is 29.3 Å². The zero-order valence-electron chi connectivity index (χ0n) is 30.2. The van der Waals surface area contributed by atoms with E-state index in [1.165, 1.54) is 25.1 Å². The van der Waals surface area contributed by atoms with E-state index in [0.717, 1.165) is 0 Å². The van der Waals surface area contributed by atoms with Crippen molar-refractivity contribution in [2.45, 2.75) is 104 Å². The quantitative estimate of drug-likeness (QED) is 0.0718. The molecule has 0 spiro atoms. The number of aliphatic hydroxyl groups excluding tert-OH is 2. The van der Waals surface area contributed by atoms with Gasteiger partial charge in [0, 0.05) is 23.2 Å². The molecule has 13 heteroatoms. The lowest BCUT2D eigenvalue weighted by molar-refractivity contribution is -0.149.